The second-order valence-corrected chi connectivity index (χ2v) is 7.86. The van der Waals surface area contributed by atoms with E-state index in [1.807, 2.05) is 30.3 Å². The Morgan fingerprint density at radius 3 is 2.09 bits per heavy atom. The van der Waals surface area contributed by atoms with Gasteiger partial charge in [-0.15, -0.1) is 18.7 Å². The molecular weight excluding hydrogens is 520 g/mol. The van der Waals surface area contributed by atoms with Crippen LogP contribution in [0.25, 0.3) is 0 Å². The summed E-state index contributed by atoms with van der Waals surface area (Å²) in [7, 11) is -5.92. The maximum Gasteiger partial charge on any atom is 1.00 e. The number of anilines is 4. The normalized spacial score (nSPS) is 9.89. The summed E-state index contributed by atoms with van der Waals surface area (Å²) in [6.45, 7) is 0.934. The van der Waals surface area contributed by atoms with Gasteiger partial charge in [0.15, 0.2) is 0 Å². The Morgan fingerprint density at radius 1 is 0.943 bits per heavy atom. The maximum atomic E-state index is 11.2. The van der Waals surface area contributed by atoms with E-state index in [4.69, 9.17) is 12.6 Å². The predicted molar refractivity (Wildman–Crippen MR) is 117 cm³/mol. The Morgan fingerprint density at radius 2 is 1.51 bits per heavy atom. The summed E-state index contributed by atoms with van der Waals surface area (Å²) in [6, 6.07) is 16.2. The predicted octanol–water partition coefficient (Wildman–Crippen LogP) is -5.48. The van der Waals surface area contributed by atoms with Crippen molar-refractivity contribution in [1.82, 2.24) is 20.3 Å². The summed E-state index contributed by atoms with van der Waals surface area (Å²) in [4.78, 5) is 12.5. The molecular formula is C18H19N7Na2O6S2. The Balaban J connectivity index is 0.00000179. The molecule has 0 fully saturated rings. The van der Waals surface area contributed by atoms with Gasteiger partial charge in [0.05, 0.1) is 6.67 Å². The molecule has 3 rings (SSSR count). The molecule has 0 saturated heterocycles. The van der Waals surface area contributed by atoms with Crippen LogP contribution in [-0.4, -0.2) is 54.3 Å². The molecule has 0 aliphatic carbocycles. The number of hydrogen-bond donors (Lipinski definition) is 4. The van der Waals surface area contributed by atoms with Gasteiger partial charge in [-0.2, -0.15) is 33.2 Å². The van der Waals surface area contributed by atoms with Crippen LogP contribution in [-0.2, 0) is 27.3 Å². The molecule has 1 heterocycles. The van der Waals surface area contributed by atoms with Crippen LogP contribution in [0.15, 0.2) is 53.4 Å². The van der Waals surface area contributed by atoms with Crippen molar-refractivity contribution >= 4 is 44.3 Å². The summed E-state index contributed by atoms with van der Waals surface area (Å²) >= 11 is 0. The van der Waals surface area contributed by atoms with Gasteiger partial charge in [-0.25, -0.2) is 8.42 Å². The zero-order chi connectivity index (χ0) is 24.3. The molecule has 0 bridgehead atoms. The van der Waals surface area contributed by atoms with Crippen LogP contribution in [0.2, 0.25) is 0 Å². The SMILES string of the molecule is CNCNc1nc(NCc2ccccc2)nc(Nc2[c-]ccc(S(=O)(=O)[O-])c2)n1.O=S(=O)=O.[Na+].[Na+]. The van der Waals surface area contributed by atoms with Gasteiger partial charge in [-0.05, 0) is 12.6 Å². The van der Waals surface area contributed by atoms with Crippen LogP contribution in [0.1, 0.15) is 5.56 Å². The standard InChI is InChI=1S/C18H20N7O3S.2Na.O3S/c1-19-12-21-17-23-16(20-11-13-6-3-2-4-7-13)24-18(25-17)22-14-8-5-9-15(10-14)29(26,27)28;;;1-4(2)3/h2-7,9-10,19H,11-12H2,1H3,(H,26,27,28)(H3,20,21,22,23,24,25);;;/q-1;2*+1;/p-1. The Kier molecular flexibility index (Phi) is 16.1. The minimum Gasteiger partial charge on any atom is -0.746 e. The molecule has 0 spiro atoms. The molecule has 0 aliphatic heterocycles. The van der Waals surface area contributed by atoms with Crippen molar-refractivity contribution in [3.8, 4) is 0 Å². The zero-order valence-electron chi connectivity index (χ0n) is 19.1. The third kappa shape index (κ3) is 13.3. The van der Waals surface area contributed by atoms with Gasteiger partial charge in [-0.1, -0.05) is 40.9 Å². The fourth-order valence-electron chi connectivity index (χ4n) is 2.33. The molecule has 2 aromatic carbocycles. The van der Waals surface area contributed by atoms with Crippen molar-refractivity contribution in [2.45, 2.75) is 11.4 Å². The van der Waals surface area contributed by atoms with E-state index >= 15 is 0 Å². The molecule has 0 amide bonds. The van der Waals surface area contributed by atoms with E-state index < -0.39 is 20.7 Å². The number of hydrogen-bond acceptors (Lipinski definition) is 13. The van der Waals surface area contributed by atoms with Crippen molar-refractivity contribution in [2.24, 2.45) is 0 Å². The van der Waals surface area contributed by atoms with Crippen molar-refractivity contribution in [3.63, 3.8) is 0 Å². The third-order valence-electron chi connectivity index (χ3n) is 3.66. The minimum absolute atomic E-state index is 0. The summed E-state index contributed by atoms with van der Waals surface area (Å²) in [6.07, 6.45) is 0. The molecule has 35 heavy (non-hydrogen) atoms. The molecule has 17 heteroatoms. The molecule has 3 aromatic rings. The van der Waals surface area contributed by atoms with Crippen molar-refractivity contribution < 1.29 is 84.7 Å². The van der Waals surface area contributed by atoms with Gasteiger partial charge < -0.3 is 25.8 Å². The van der Waals surface area contributed by atoms with Gasteiger partial charge in [0, 0.05) is 6.54 Å². The van der Waals surface area contributed by atoms with Gasteiger partial charge in [0.1, 0.15) is 10.1 Å². The van der Waals surface area contributed by atoms with Crippen molar-refractivity contribution in [2.75, 3.05) is 29.7 Å². The first-order valence-corrected chi connectivity index (χ1v) is 11.5. The van der Waals surface area contributed by atoms with E-state index in [-0.39, 0.29) is 75.6 Å². The minimum atomic E-state index is -4.58. The van der Waals surface area contributed by atoms with Crippen LogP contribution < -0.4 is 80.4 Å². The molecule has 0 radical (unpaired) electrons. The number of nitrogens with one attached hydrogen (secondary N) is 4. The van der Waals surface area contributed by atoms with Crippen molar-refractivity contribution in [1.29, 1.82) is 0 Å². The fourth-order valence-corrected chi connectivity index (χ4v) is 2.83. The van der Waals surface area contributed by atoms with Crippen LogP contribution in [0, 0.1) is 6.07 Å². The summed E-state index contributed by atoms with van der Waals surface area (Å²) in [5, 5.41) is 11.9. The van der Waals surface area contributed by atoms with E-state index in [0.29, 0.717) is 25.1 Å². The molecule has 176 valence electrons. The second-order valence-electron chi connectivity index (χ2n) is 6.07. The number of aromatic nitrogens is 3. The molecule has 13 nitrogen and oxygen atoms in total. The third-order valence-corrected chi connectivity index (χ3v) is 4.49. The van der Waals surface area contributed by atoms with E-state index in [2.05, 4.69) is 42.3 Å². The Hall–Kier alpha value is -1.66. The number of rotatable bonds is 9. The first-order chi connectivity index (χ1) is 15.7. The van der Waals surface area contributed by atoms with Crippen LogP contribution in [0.4, 0.5) is 23.5 Å². The van der Waals surface area contributed by atoms with Gasteiger partial charge in [-0.3, -0.25) is 0 Å². The second kappa shape index (κ2) is 16.9. The zero-order valence-corrected chi connectivity index (χ0v) is 24.8. The molecule has 0 unspecified atom stereocenters. The quantitative estimate of drug-likeness (QED) is 0.0871. The molecule has 1 aromatic heterocycles. The average Bonchev–Trinajstić information content (AvgIpc) is 2.76. The van der Waals surface area contributed by atoms with Crippen LogP contribution in [0.3, 0.4) is 0 Å². The average molecular weight is 540 g/mol. The van der Waals surface area contributed by atoms with Crippen molar-refractivity contribution in [3.05, 3.63) is 60.2 Å². The summed E-state index contributed by atoms with van der Waals surface area (Å²) < 4.78 is 59.0. The maximum absolute atomic E-state index is 11.2. The largest absolute Gasteiger partial charge is 1.00 e. The van der Waals surface area contributed by atoms with E-state index in [9.17, 15) is 13.0 Å². The summed E-state index contributed by atoms with van der Waals surface area (Å²) in [5.74, 6) is 0.781. The van der Waals surface area contributed by atoms with E-state index in [1.54, 1.807) is 7.05 Å². The number of benzene rings is 2. The molecule has 0 saturated carbocycles. The summed E-state index contributed by atoms with van der Waals surface area (Å²) in [5.41, 5.74) is 1.29. The number of nitrogens with zero attached hydrogens (tertiary/aromatic N) is 3. The van der Waals surface area contributed by atoms with Gasteiger partial charge in [0.25, 0.3) is 0 Å². The molecule has 0 atom stereocenters. The molecule has 0 aliphatic rings. The van der Waals surface area contributed by atoms with Gasteiger partial charge >= 0.3 is 69.7 Å². The fraction of sp³-hybridized carbons (Fsp3) is 0.167. The molecule has 4 N–H and O–H groups in total. The van der Waals surface area contributed by atoms with Gasteiger partial charge in [0.2, 0.25) is 17.8 Å². The smallest absolute Gasteiger partial charge is 0.746 e. The topological polar surface area (TPSA) is 195 Å². The monoisotopic (exact) mass is 539 g/mol. The van der Waals surface area contributed by atoms with Crippen LogP contribution >= 0.6 is 0 Å². The van der Waals surface area contributed by atoms with Crippen LogP contribution in [0.5, 0.6) is 0 Å². The first kappa shape index (κ1) is 33.3. The van der Waals surface area contributed by atoms with E-state index in [1.165, 1.54) is 18.2 Å². The van der Waals surface area contributed by atoms with E-state index in [0.717, 1.165) is 5.56 Å². The first-order valence-electron chi connectivity index (χ1n) is 9.11. The Bertz CT molecular complexity index is 1280. The Labute approximate surface area is 248 Å².